The van der Waals surface area contributed by atoms with Gasteiger partial charge in [0.1, 0.15) is 11.5 Å². The zero-order chi connectivity index (χ0) is 9.42. The Balaban J connectivity index is 2.34. The van der Waals surface area contributed by atoms with Gasteiger partial charge in [0.05, 0.1) is 0 Å². The van der Waals surface area contributed by atoms with Gasteiger partial charge in [-0.05, 0) is 37.7 Å². The summed E-state index contributed by atoms with van der Waals surface area (Å²) in [6.07, 6.45) is 5.99. The van der Waals surface area contributed by atoms with Crippen LogP contribution in [0.3, 0.4) is 0 Å². The van der Waals surface area contributed by atoms with Crippen molar-refractivity contribution in [3.8, 4) is 0 Å². The van der Waals surface area contributed by atoms with Crippen molar-refractivity contribution in [2.45, 2.75) is 20.0 Å². The molecule has 0 unspecified atom stereocenters. The molecule has 0 aromatic carbocycles. The van der Waals surface area contributed by atoms with E-state index in [2.05, 4.69) is 31.1 Å². The van der Waals surface area contributed by atoms with Crippen LogP contribution in [-0.4, -0.2) is 15.3 Å². The number of aliphatic imine (C=N–C) groups is 1. The predicted octanol–water partition coefficient (Wildman–Crippen LogP) is 2.17. The standard InChI is InChI=1S/C10H13NOSi/c1-7-6-8-4-5-11-9(8)10(7)12-13(2)3/h4-6,13H,1-3H3. The molecule has 13 heavy (non-hydrogen) atoms. The van der Waals surface area contributed by atoms with Crippen LogP contribution in [-0.2, 0) is 4.43 Å². The van der Waals surface area contributed by atoms with Crippen molar-refractivity contribution in [1.82, 2.24) is 0 Å². The van der Waals surface area contributed by atoms with Gasteiger partial charge in [-0.2, -0.15) is 0 Å². The first kappa shape index (κ1) is 8.50. The molecular weight excluding hydrogens is 178 g/mol. The molecule has 0 atom stereocenters. The monoisotopic (exact) mass is 191 g/mol. The van der Waals surface area contributed by atoms with E-state index in [0.29, 0.717) is 0 Å². The molecular formula is C10H13NOSi. The first-order valence-corrected chi connectivity index (χ1v) is 7.31. The predicted molar refractivity (Wildman–Crippen MR) is 57.3 cm³/mol. The molecule has 0 aromatic heterocycles. The Bertz CT molecular complexity index is 361. The van der Waals surface area contributed by atoms with Gasteiger partial charge in [-0.15, -0.1) is 0 Å². The molecule has 0 fully saturated rings. The lowest BCUT2D eigenvalue weighted by atomic mass is 10.2. The smallest absolute Gasteiger partial charge is 0.229 e. The number of hydrogen-bond donors (Lipinski definition) is 0. The lowest BCUT2D eigenvalue weighted by Crippen LogP contribution is -2.08. The quantitative estimate of drug-likeness (QED) is 0.613. The van der Waals surface area contributed by atoms with E-state index in [1.54, 1.807) is 0 Å². The molecule has 2 rings (SSSR count). The summed E-state index contributed by atoms with van der Waals surface area (Å²) in [4.78, 5) is 4.29. The molecule has 0 N–H and O–H groups in total. The van der Waals surface area contributed by atoms with E-state index in [1.165, 1.54) is 11.1 Å². The first-order chi connectivity index (χ1) is 6.18. The fourth-order valence-corrected chi connectivity index (χ4v) is 2.29. The lowest BCUT2D eigenvalue weighted by molar-refractivity contribution is 0.449. The van der Waals surface area contributed by atoms with Crippen LogP contribution in [0.2, 0.25) is 13.1 Å². The third kappa shape index (κ3) is 1.39. The van der Waals surface area contributed by atoms with Gasteiger partial charge in [0.15, 0.2) is 0 Å². The minimum atomic E-state index is -1.01. The Kier molecular flexibility index (Phi) is 1.96. The van der Waals surface area contributed by atoms with Crippen LogP contribution in [0.1, 0.15) is 6.92 Å². The van der Waals surface area contributed by atoms with E-state index >= 15 is 0 Å². The van der Waals surface area contributed by atoms with Gasteiger partial charge >= 0.3 is 0 Å². The van der Waals surface area contributed by atoms with Crippen molar-refractivity contribution in [1.29, 1.82) is 0 Å². The summed E-state index contributed by atoms with van der Waals surface area (Å²) in [5, 5.41) is 0. The van der Waals surface area contributed by atoms with Gasteiger partial charge in [0.2, 0.25) is 9.04 Å². The van der Waals surface area contributed by atoms with Gasteiger partial charge < -0.3 is 4.43 Å². The summed E-state index contributed by atoms with van der Waals surface area (Å²) in [5.74, 6) is 1.00. The highest BCUT2D eigenvalue weighted by molar-refractivity contribution is 6.48. The van der Waals surface area contributed by atoms with Gasteiger partial charge in [-0.1, -0.05) is 0 Å². The Morgan fingerprint density at radius 3 is 2.85 bits per heavy atom. The molecule has 3 heteroatoms. The van der Waals surface area contributed by atoms with Crippen molar-refractivity contribution >= 4 is 15.3 Å². The lowest BCUT2D eigenvalue weighted by Gasteiger charge is -2.12. The molecule has 0 amide bonds. The molecule has 0 radical (unpaired) electrons. The second-order valence-corrected chi connectivity index (χ2v) is 5.91. The zero-order valence-electron chi connectivity index (χ0n) is 8.16. The molecule has 1 heterocycles. The SMILES string of the molecule is CC1=CC2=CC=NC2=C1O[SiH](C)C. The fourth-order valence-electron chi connectivity index (χ4n) is 1.52. The summed E-state index contributed by atoms with van der Waals surface area (Å²) < 4.78 is 5.83. The summed E-state index contributed by atoms with van der Waals surface area (Å²) in [6, 6.07) is 0. The van der Waals surface area contributed by atoms with Gasteiger partial charge in [0, 0.05) is 11.8 Å². The number of nitrogens with zero attached hydrogens (tertiary/aromatic N) is 1. The van der Waals surface area contributed by atoms with E-state index in [4.69, 9.17) is 4.43 Å². The van der Waals surface area contributed by atoms with Crippen molar-refractivity contribution < 1.29 is 4.43 Å². The maximum absolute atomic E-state index is 5.83. The first-order valence-electron chi connectivity index (χ1n) is 4.53. The molecule has 2 aliphatic rings. The maximum Gasteiger partial charge on any atom is 0.229 e. The second-order valence-electron chi connectivity index (χ2n) is 3.57. The summed E-state index contributed by atoms with van der Waals surface area (Å²) in [6.45, 7) is 6.41. The minimum absolute atomic E-state index is 1.00. The van der Waals surface area contributed by atoms with E-state index in [1.807, 2.05) is 12.3 Å². The van der Waals surface area contributed by atoms with Gasteiger partial charge in [-0.25, -0.2) is 0 Å². The van der Waals surface area contributed by atoms with E-state index in [9.17, 15) is 0 Å². The minimum Gasteiger partial charge on any atom is -0.545 e. The number of fused-ring (bicyclic) bond motifs is 1. The summed E-state index contributed by atoms with van der Waals surface area (Å²) in [5.41, 5.74) is 3.43. The zero-order valence-corrected chi connectivity index (χ0v) is 9.32. The molecule has 68 valence electrons. The fraction of sp³-hybridized carbons (Fsp3) is 0.300. The number of hydrogen-bond acceptors (Lipinski definition) is 2. The normalized spacial score (nSPS) is 19.4. The molecule has 0 aromatic rings. The Morgan fingerprint density at radius 1 is 1.38 bits per heavy atom. The Labute approximate surface area is 80.1 Å². The third-order valence-corrected chi connectivity index (χ3v) is 2.74. The van der Waals surface area contributed by atoms with Crippen molar-refractivity contribution in [2.75, 3.05) is 0 Å². The van der Waals surface area contributed by atoms with Crippen LogP contribution in [0.15, 0.2) is 39.7 Å². The molecule has 1 aliphatic carbocycles. The van der Waals surface area contributed by atoms with Crippen LogP contribution in [0.25, 0.3) is 0 Å². The molecule has 0 spiro atoms. The topological polar surface area (TPSA) is 21.6 Å². The highest BCUT2D eigenvalue weighted by Crippen LogP contribution is 2.34. The highest BCUT2D eigenvalue weighted by Gasteiger charge is 2.22. The maximum atomic E-state index is 5.83. The van der Waals surface area contributed by atoms with Crippen molar-refractivity contribution in [2.24, 2.45) is 4.99 Å². The summed E-state index contributed by atoms with van der Waals surface area (Å²) in [7, 11) is -1.01. The van der Waals surface area contributed by atoms with Crippen molar-refractivity contribution in [3.63, 3.8) is 0 Å². The van der Waals surface area contributed by atoms with Crippen LogP contribution >= 0.6 is 0 Å². The second kappa shape index (κ2) is 2.99. The van der Waals surface area contributed by atoms with Crippen LogP contribution in [0, 0.1) is 0 Å². The van der Waals surface area contributed by atoms with Gasteiger partial charge in [-0.3, -0.25) is 4.99 Å². The Hall–Kier alpha value is -1.09. The summed E-state index contributed by atoms with van der Waals surface area (Å²) >= 11 is 0. The van der Waals surface area contributed by atoms with Crippen LogP contribution in [0.5, 0.6) is 0 Å². The molecule has 2 nitrogen and oxygen atoms in total. The number of rotatable bonds is 2. The largest absolute Gasteiger partial charge is 0.545 e. The van der Waals surface area contributed by atoms with Crippen LogP contribution < -0.4 is 0 Å². The molecule has 0 saturated carbocycles. The van der Waals surface area contributed by atoms with E-state index < -0.39 is 9.04 Å². The van der Waals surface area contributed by atoms with E-state index in [-0.39, 0.29) is 0 Å². The van der Waals surface area contributed by atoms with Gasteiger partial charge in [0.25, 0.3) is 0 Å². The van der Waals surface area contributed by atoms with Crippen LogP contribution in [0.4, 0.5) is 0 Å². The third-order valence-electron chi connectivity index (χ3n) is 2.03. The average Bonchev–Trinajstić information content (AvgIpc) is 2.55. The highest BCUT2D eigenvalue weighted by atomic mass is 28.3. The number of allylic oxidation sites excluding steroid dienone is 3. The average molecular weight is 191 g/mol. The Morgan fingerprint density at radius 2 is 2.15 bits per heavy atom. The van der Waals surface area contributed by atoms with Crippen molar-refractivity contribution in [3.05, 3.63) is 34.8 Å². The molecule has 1 aliphatic heterocycles. The molecule has 0 saturated heterocycles. The van der Waals surface area contributed by atoms with E-state index in [0.717, 1.165) is 11.5 Å². The molecule has 0 bridgehead atoms.